The van der Waals surface area contributed by atoms with E-state index in [1.807, 2.05) is 32.0 Å². The summed E-state index contributed by atoms with van der Waals surface area (Å²) in [5, 5.41) is 3.44. The molecule has 0 aliphatic carbocycles. The Balaban J connectivity index is 1.78. The molecule has 1 N–H and O–H groups in total. The minimum atomic E-state index is 0.0232. The number of hydrogen-bond donors (Lipinski definition) is 1. The van der Waals surface area contributed by atoms with Gasteiger partial charge in [0, 0.05) is 19.0 Å². The van der Waals surface area contributed by atoms with Gasteiger partial charge in [-0.3, -0.25) is 0 Å². The topological polar surface area (TPSA) is 56.3 Å². The number of ether oxygens (including phenoxy) is 2. The van der Waals surface area contributed by atoms with Crippen LogP contribution in [0.2, 0.25) is 0 Å². The van der Waals surface area contributed by atoms with E-state index in [4.69, 9.17) is 9.47 Å². The molecule has 2 heterocycles. The molecule has 2 aromatic rings. The molecular formula is C17H21N3O2. The quantitative estimate of drug-likeness (QED) is 0.918. The van der Waals surface area contributed by atoms with Gasteiger partial charge in [-0.15, -0.1) is 0 Å². The number of nitrogens with zero attached hydrogens (tertiary/aromatic N) is 2. The van der Waals surface area contributed by atoms with Crippen molar-refractivity contribution in [1.82, 2.24) is 9.97 Å². The zero-order chi connectivity index (χ0) is 15.4. The molecule has 0 bridgehead atoms. The number of nitrogens with one attached hydrogen (secondary N) is 1. The van der Waals surface area contributed by atoms with Crippen LogP contribution in [-0.2, 0) is 4.74 Å². The number of rotatable bonds is 5. The Hall–Kier alpha value is -2.14. The number of hydrogen-bond acceptors (Lipinski definition) is 5. The first-order valence-electron chi connectivity index (χ1n) is 7.65. The smallest absolute Gasteiger partial charge is 0.257 e. The van der Waals surface area contributed by atoms with Gasteiger partial charge >= 0.3 is 0 Å². The molecule has 1 aliphatic rings. The van der Waals surface area contributed by atoms with Gasteiger partial charge in [-0.1, -0.05) is 30.3 Å². The number of benzene rings is 1. The second-order valence-corrected chi connectivity index (χ2v) is 5.62. The summed E-state index contributed by atoms with van der Waals surface area (Å²) in [6, 6.07) is 10.4. The van der Waals surface area contributed by atoms with Gasteiger partial charge in [0.05, 0.1) is 12.1 Å². The third-order valence-corrected chi connectivity index (χ3v) is 3.55. The lowest BCUT2D eigenvalue weighted by molar-refractivity contribution is 0.107. The Morgan fingerprint density at radius 2 is 1.95 bits per heavy atom. The van der Waals surface area contributed by atoms with Crippen LogP contribution in [0.3, 0.4) is 0 Å². The molecule has 116 valence electrons. The van der Waals surface area contributed by atoms with E-state index in [1.54, 1.807) is 12.4 Å². The molecule has 1 aromatic carbocycles. The van der Waals surface area contributed by atoms with E-state index < -0.39 is 0 Å². The standard InChI is InChI=1S/C17H21N3O2/c1-12(2)22-17-16(18-9-10-19-17)20-14-8-11-21-15(14)13-6-4-3-5-7-13/h3-7,9-10,12,14-15H,8,11H2,1-2H3,(H,18,20). The van der Waals surface area contributed by atoms with Crippen molar-refractivity contribution in [2.24, 2.45) is 0 Å². The highest BCUT2D eigenvalue weighted by atomic mass is 16.5. The first kappa shape index (κ1) is 14.8. The highest BCUT2D eigenvalue weighted by molar-refractivity contribution is 5.46. The molecule has 1 saturated heterocycles. The van der Waals surface area contributed by atoms with E-state index in [1.165, 1.54) is 5.56 Å². The van der Waals surface area contributed by atoms with Crippen molar-refractivity contribution in [2.75, 3.05) is 11.9 Å². The van der Waals surface area contributed by atoms with Gasteiger partial charge in [0.15, 0.2) is 5.82 Å². The van der Waals surface area contributed by atoms with Crippen LogP contribution >= 0.6 is 0 Å². The summed E-state index contributed by atoms with van der Waals surface area (Å²) in [6.07, 6.45) is 4.32. The fourth-order valence-electron chi connectivity index (χ4n) is 2.62. The van der Waals surface area contributed by atoms with Crippen LogP contribution < -0.4 is 10.1 Å². The predicted octanol–water partition coefficient (Wildman–Crippen LogP) is 3.21. The van der Waals surface area contributed by atoms with Gasteiger partial charge in [-0.05, 0) is 25.8 Å². The van der Waals surface area contributed by atoms with Crippen molar-refractivity contribution in [3.63, 3.8) is 0 Å². The normalized spacial score (nSPS) is 21.0. The summed E-state index contributed by atoms with van der Waals surface area (Å²) < 4.78 is 11.6. The highest BCUT2D eigenvalue weighted by Gasteiger charge is 2.30. The molecule has 1 aliphatic heterocycles. The Labute approximate surface area is 130 Å². The summed E-state index contributed by atoms with van der Waals surface area (Å²) in [7, 11) is 0. The first-order chi connectivity index (χ1) is 10.7. The van der Waals surface area contributed by atoms with Gasteiger partial charge in [0.2, 0.25) is 0 Å². The van der Waals surface area contributed by atoms with Crippen molar-refractivity contribution in [1.29, 1.82) is 0 Å². The second-order valence-electron chi connectivity index (χ2n) is 5.62. The minimum absolute atomic E-state index is 0.0232. The van der Waals surface area contributed by atoms with Gasteiger partial charge in [-0.2, -0.15) is 0 Å². The Kier molecular flexibility index (Phi) is 4.53. The molecule has 1 fully saturated rings. The van der Waals surface area contributed by atoms with Gasteiger partial charge in [0.25, 0.3) is 5.88 Å². The Morgan fingerprint density at radius 3 is 2.73 bits per heavy atom. The fraction of sp³-hybridized carbons (Fsp3) is 0.412. The second kappa shape index (κ2) is 6.75. The van der Waals surface area contributed by atoms with Crippen LogP contribution in [0.4, 0.5) is 5.82 Å². The molecule has 0 radical (unpaired) electrons. The molecule has 1 aromatic heterocycles. The molecule has 5 nitrogen and oxygen atoms in total. The fourth-order valence-corrected chi connectivity index (χ4v) is 2.62. The maximum Gasteiger partial charge on any atom is 0.257 e. The van der Waals surface area contributed by atoms with Gasteiger partial charge in [0.1, 0.15) is 6.10 Å². The SMILES string of the molecule is CC(C)Oc1nccnc1NC1CCOC1c1ccccc1. The number of anilines is 1. The predicted molar refractivity (Wildman–Crippen MR) is 85.0 cm³/mol. The minimum Gasteiger partial charge on any atom is -0.472 e. The molecule has 5 heteroatoms. The van der Waals surface area contributed by atoms with Crippen molar-refractivity contribution in [3.05, 3.63) is 48.3 Å². The first-order valence-corrected chi connectivity index (χ1v) is 7.65. The van der Waals surface area contributed by atoms with Crippen LogP contribution in [0.15, 0.2) is 42.7 Å². The van der Waals surface area contributed by atoms with Crippen LogP contribution in [0.25, 0.3) is 0 Å². The van der Waals surface area contributed by atoms with Crippen LogP contribution in [-0.4, -0.2) is 28.7 Å². The molecule has 22 heavy (non-hydrogen) atoms. The lowest BCUT2D eigenvalue weighted by Gasteiger charge is -2.22. The lowest BCUT2D eigenvalue weighted by Crippen LogP contribution is -2.24. The zero-order valence-electron chi connectivity index (χ0n) is 12.9. The molecule has 0 saturated carbocycles. The highest BCUT2D eigenvalue weighted by Crippen LogP contribution is 2.32. The van der Waals surface area contributed by atoms with Crippen LogP contribution in [0, 0.1) is 0 Å². The van der Waals surface area contributed by atoms with E-state index in [2.05, 4.69) is 27.4 Å². The maximum absolute atomic E-state index is 5.89. The van der Waals surface area contributed by atoms with Crippen LogP contribution in [0.5, 0.6) is 5.88 Å². The van der Waals surface area contributed by atoms with Crippen molar-refractivity contribution in [3.8, 4) is 5.88 Å². The van der Waals surface area contributed by atoms with E-state index in [0.29, 0.717) is 11.7 Å². The molecule has 3 rings (SSSR count). The average Bonchev–Trinajstić information content (AvgIpc) is 2.98. The van der Waals surface area contributed by atoms with E-state index >= 15 is 0 Å². The molecule has 2 unspecified atom stereocenters. The lowest BCUT2D eigenvalue weighted by atomic mass is 10.0. The third-order valence-electron chi connectivity index (χ3n) is 3.55. The Morgan fingerprint density at radius 1 is 1.18 bits per heavy atom. The van der Waals surface area contributed by atoms with E-state index in [0.717, 1.165) is 13.0 Å². The van der Waals surface area contributed by atoms with Crippen LogP contribution in [0.1, 0.15) is 31.9 Å². The number of aromatic nitrogens is 2. The van der Waals surface area contributed by atoms with Crippen molar-refractivity contribution >= 4 is 5.82 Å². The average molecular weight is 299 g/mol. The maximum atomic E-state index is 5.89. The van der Waals surface area contributed by atoms with Crippen molar-refractivity contribution in [2.45, 2.75) is 38.5 Å². The molecular weight excluding hydrogens is 278 g/mol. The summed E-state index contributed by atoms with van der Waals surface area (Å²) >= 11 is 0. The summed E-state index contributed by atoms with van der Waals surface area (Å²) in [5.41, 5.74) is 1.17. The molecule has 0 amide bonds. The van der Waals surface area contributed by atoms with E-state index in [-0.39, 0.29) is 18.2 Å². The van der Waals surface area contributed by atoms with E-state index in [9.17, 15) is 0 Å². The molecule has 0 spiro atoms. The summed E-state index contributed by atoms with van der Waals surface area (Å²) in [5.74, 6) is 1.21. The third kappa shape index (κ3) is 3.36. The van der Waals surface area contributed by atoms with Gasteiger partial charge < -0.3 is 14.8 Å². The Bertz CT molecular complexity index is 604. The molecule has 2 atom stereocenters. The monoisotopic (exact) mass is 299 g/mol. The van der Waals surface area contributed by atoms with Gasteiger partial charge in [-0.25, -0.2) is 9.97 Å². The summed E-state index contributed by atoms with van der Waals surface area (Å²) in [4.78, 5) is 8.64. The zero-order valence-corrected chi connectivity index (χ0v) is 12.9. The largest absolute Gasteiger partial charge is 0.472 e. The van der Waals surface area contributed by atoms with Crippen molar-refractivity contribution < 1.29 is 9.47 Å². The summed E-state index contributed by atoms with van der Waals surface area (Å²) in [6.45, 7) is 4.69.